The molecule has 56 heavy (non-hydrogen) atoms. The van der Waals surface area contributed by atoms with Crippen molar-refractivity contribution in [3.8, 4) is 49.9 Å². The van der Waals surface area contributed by atoms with E-state index >= 15 is 0 Å². The standard InChI is InChI=1S/C26H26N2O2S.C24H23N/c1-25(2,3)15-7-9-19-17(13-15)27-23(29-19)21-11-12-22(31-21)24-28-18-14-16(26(4,5)6)8-10-20(18)30-24;1-2-3-4-5-19-6-10-21(11-7-19)23-14-16-24(17-15-23)22-12-8-20(18-25)9-13-22/h7-14H,1-6H3;6-17H,2-5H2,1H3. The Morgan fingerprint density at radius 3 is 1.39 bits per heavy atom. The number of hydrogen-bond donors (Lipinski definition) is 0. The summed E-state index contributed by atoms with van der Waals surface area (Å²) < 4.78 is 12.1. The van der Waals surface area contributed by atoms with Crippen LogP contribution in [0.5, 0.6) is 0 Å². The number of benzene rings is 5. The molecule has 0 aliphatic heterocycles. The Balaban J connectivity index is 0.000000176. The summed E-state index contributed by atoms with van der Waals surface area (Å²) in [4.78, 5) is 11.4. The Labute approximate surface area is 334 Å². The summed E-state index contributed by atoms with van der Waals surface area (Å²) in [5.41, 5.74) is 12.9. The highest BCUT2D eigenvalue weighted by Gasteiger charge is 2.20. The molecular formula is C50H49N3O2S. The van der Waals surface area contributed by atoms with Crippen LogP contribution in [-0.4, -0.2) is 9.97 Å². The molecule has 5 aromatic carbocycles. The van der Waals surface area contributed by atoms with Gasteiger partial charge in [0.1, 0.15) is 11.0 Å². The normalized spacial score (nSPS) is 11.8. The van der Waals surface area contributed by atoms with Crippen LogP contribution in [0.1, 0.15) is 90.0 Å². The van der Waals surface area contributed by atoms with Crippen LogP contribution >= 0.6 is 11.3 Å². The Morgan fingerprint density at radius 2 is 0.982 bits per heavy atom. The number of hydrogen-bond acceptors (Lipinski definition) is 6. The van der Waals surface area contributed by atoms with Crippen molar-refractivity contribution in [3.05, 3.63) is 144 Å². The molecule has 8 rings (SSSR count). The first-order valence-corrected chi connectivity index (χ1v) is 20.3. The number of nitrogens with zero attached hydrogens (tertiary/aromatic N) is 3. The number of fused-ring (bicyclic) bond motifs is 2. The highest BCUT2D eigenvalue weighted by atomic mass is 32.1. The number of aromatic nitrogens is 2. The average molecular weight is 756 g/mol. The Kier molecular flexibility index (Phi) is 11.1. The molecule has 0 aliphatic carbocycles. The maximum Gasteiger partial charge on any atom is 0.237 e. The van der Waals surface area contributed by atoms with Gasteiger partial charge in [0.2, 0.25) is 11.8 Å². The molecule has 3 heterocycles. The molecule has 0 aliphatic rings. The molecule has 0 radical (unpaired) electrons. The quantitative estimate of drug-likeness (QED) is 0.144. The van der Waals surface area contributed by atoms with Crippen molar-refractivity contribution in [1.29, 1.82) is 5.26 Å². The zero-order chi connectivity index (χ0) is 39.5. The van der Waals surface area contributed by atoms with E-state index in [-0.39, 0.29) is 10.8 Å². The van der Waals surface area contributed by atoms with Gasteiger partial charge in [0.15, 0.2) is 11.2 Å². The van der Waals surface area contributed by atoms with Crippen molar-refractivity contribution in [1.82, 2.24) is 9.97 Å². The Morgan fingerprint density at radius 1 is 0.554 bits per heavy atom. The van der Waals surface area contributed by atoms with Crippen LogP contribution in [0, 0.1) is 11.3 Å². The number of aryl methyl sites for hydroxylation is 1. The predicted octanol–water partition coefficient (Wildman–Crippen LogP) is 14.6. The maximum atomic E-state index is 8.89. The number of unbranched alkanes of at least 4 members (excludes halogenated alkanes) is 2. The number of thiophene rings is 1. The third kappa shape index (κ3) is 8.85. The van der Waals surface area contributed by atoms with Gasteiger partial charge < -0.3 is 8.83 Å². The van der Waals surface area contributed by atoms with Gasteiger partial charge in [-0.2, -0.15) is 5.26 Å². The minimum atomic E-state index is 0.0726. The third-order valence-corrected chi connectivity index (χ3v) is 11.2. The SMILES string of the molecule is CC(C)(C)c1ccc2oc(-c3ccc(-c4nc5cc(C(C)(C)C)ccc5o4)s3)nc2c1.CCCCCc1ccc(-c2ccc(-c3ccc(C#N)cc3)cc2)cc1. The highest BCUT2D eigenvalue weighted by Crippen LogP contribution is 2.38. The minimum Gasteiger partial charge on any atom is -0.435 e. The molecule has 0 N–H and O–H groups in total. The van der Waals surface area contributed by atoms with Crippen molar-refractivity contribution >= 4 is 33.5 Å². The van der Waals surface area contributed by atoms with Crippen molar-refractivity contribution in [2.75, 3.05) is 0 Å². The van der Waals surface area contributed by atoms with Crippen LogP contribution in [0.15, 0.2) is 130 Å². The molecule has 5 nitrogen and oxygen atoms in total. The summed E-state index contributed by atoms with van der Waals surface area (Å²) in [5, 5.41) is 8.89. The molecule has 6 heteroatoms. The molecule has 0 unspecified atom stereocenters. The second kappa shape index (κ2) is 16.1. The van der Waals surface area contributed by atoms with Crippen LogP contribution < -0.4 is 0 Å². The van der Waals surface area contributed by atoms with Crippen molar-refractivity contribution < 1.29 is 8.83 Å². The fourth-order valence-corrected chi connectivity index (χ4v) is 7.46. The predicted molar refractivity (Wildman–Crippen MR) is 233 cm³/mol. The molecule has 0 atom stereocenters. The van der Waals surface area contributed by atoms with Gasteiger partial charge in [-0.3, -0.25) is 0 Å². The fraction of sp³-hybridized carbons (Fsp3) is 0.260. The molecule has 0 saturated carbocycles. The highest BCUT2D eigenvalue weighted by molar-refractivity contribution is 7.18. The van der Waals surface area contributed by atoms with Crippen LogP contribution in [-0.2, 0) is 17.3 Å². The summed E-state index contributed by atoms with van der Waals surface area (Å²) in [6.07, 6.45) is 5.02. The van der Waals surface area contributed by atoms with Gasteiger partial charge in [0.05, 0.1) is 21.4 Å². The summed E-state index contributed by atoms with van der Waals surface area (Å²) in [6.45, 7) is 15.4. The van der Waals surface area contributed by atoms with Crippen molar-refractivity contribution in [2.24, 2.45) is 0 Å². The van der Waals surface area contributed by atoms with Gasteiger partial charge in [0.25, 0.3) is 0 Å². The smallest absolute Gasteiger partial charge is 0.237 e. The first-order chi connectivity index (χ1) is 26.9. The van der Waals surface area contributed by atoms with Gasteiger partial charge in [-0.15, -0.1) is 11.3 Å². The van der Waals surface area contributed by atoms with Crippen LogP contribution in [0.3, 0.4) is 0 Å². The summed E-state index contributed by atoms with van der Waals surface area (Å²) in [7, 11) is 0. The second-order valence-electron chi connectivity index (χ2n) is 16.5. The first-order valence-electron chi connectivity index (χ1n) is 19.5. The maximum absolute atomic E-state index is 8.89. The van der Waals surface area contributed by atoms with Gasteiger partial charge in [-0.25, -0.2) is 9.97 Å². The van der Waals surface area contributed by atoms with E-state index < -0.39 is 0 Å². The van der Waals surface area contributed by atoms with E-state index in [1.807, 2.05) is 48.5 Å². The monoisotopic (exact) mass is 755 g/mol. The van der Waals surface area contributed by atoms with E-state index in [4.69, 9.17) is 24.1 Å². The van der Waals surface area contributed by atoms with Crippen LogP contribution in [0.2, 0.25) is 0 Å². The topological polar surface area (TPSA) is 75.8 Å². The lowest BCUT2D eigenvalue weighted by Gasteiger charge is -2.18. The van der Waals surface area contributed by atoms with E-state index in [0.29, 0.717) is 17.3 Å². The Bertz CT molecular complexity index is 2500. The lowest BCUT2D eigenvalue weighted by atomic mass is 9.87. The van der Waals surface area contributed by atoms with E-state index in [1.165, 1.54) is 59.1 Å². The van der Waals surface area contributed by atoms with E-state index in [1.54, 1.807) is 11.3 Å². The molecule has 8 aromatic rings. The Hall–Kier alpha value is -5.77. The molecule has 0 saturated heterocycles. The van der Waals surface area contributed by atoms with E-state index in [2.05, 4.69) is 127 Å². The largest absolute Gasteiger partial charge is 0.435 e. The van der Waals surface area contributed by atoms with Gasteiger partial charge in [-0.1, -0.05) is 134 Å². The van der Waals surface area contributed by atoms with Crippen LogP contribution in [0.4, 0.5) is 0 Å². The average Bonchev–Trinajstić information content (AvgIpc) is 3.96. The van der Waals surface area contributed by atoms with Crippen molar-refractivity contribution in [2.45, 2.75) is 85.0 Å². The number of nitriles is 1. The molecule has 282 valence electrons. The summed E-state index contributed by atoms with van der Waals surface area (Å²) >= 11 is 1.58. The van der Waals surface area contributed by atoms with E-state index in [0.717, 1.165) is 37.5 Å². The van der Waals surface area contributed by atoms with Gasteiger partial charge >= 0.3 is 0 Å². The lowest BCUT2D eigenvalue weighted by molar-refractivity contribution is 0.589. The zero-order valence-electron chi connectivity index (χ0n) is 33.4. The fourth-order valence-electron chi connectivity index (χ4n) is 6.60. The van der Waals surface area contributed by atoms with E-state index in [9.17, 15) is 0 Å². The lowest BCUT2D eigenvalue weighted by Crippen LogP contribution is -2.10. The van der Waals surface area contributed by atoms with Gasteiger partial charge in [0, 0.05) is 0 Å². The minimum absolute atomic E-state index is 0.0726. The molecule has 0 amide bonds. The third-order valence-electron chi connectivity index (χ3n) is 10.1. The second-order valence-corrected chi connectivity index (χ2v) is 17.6. The van der Waals surface area contributed by atoms with Crippen molar-refractivity contribution in [3.63, 3.8) is 0 Å². The number of oxazole rings is 2. The molecule has 0 bridgehead atoms. The summed E-state index contributed by atoms with van der Waals surface area (Å²) in [5.74, 6) is 1.26. The first kappa shape index (κ1) is 38.5. The zero-order valence-corrected chi connectivity index (χ0v) is 34.3. The molecule has 3 aromatic heterocycles. The molecular weight excluding hydrogens is 707 g/mol. The van der Waals surface area contributed by atoms with Crippen LogP contribution in [0.25, 0.3) is 66.0 Å². The number of rotatable bonds is 8. The van der Waals surface area contributed by atoms with Gasteiger partial charge in [-0.05, 0) is 111 Å². The molecule has 0 spiro atoms. The molecule has 0 fully saturated rings. The summed E-state index contributed by atoms with van der Waals surface area (Å²) in [6, 6.07) is 43.9.